The number of hydrogen-bond acceptors (Lipinski definition) is 5. The molecule has 4 aromatic rings. The standard InChI is InChI=1S/C25H22N2O5/c1-16(31-18-10-4-3-5-11-18)24(28)27-22-20-13-6-7-14-21(20)32-23(22)25(29)26-17-9-8-12-19(15-17)30-2/h3-16H,1-2H3,(H,26,29)(H,27,28)/t16-/m0/s1. The number of amides is 2. The largest absolute Gasteiger partial charge is 0.497 e. The lowest BCUT2D eigenvalue weighted by Gasteiger charge is -2.15. The van der Waals surface area contributed by atoms with Crippen molar-refractivity contribution in [3.63, 3.8) is 0 Å². The summed E-state index contributed by atoms with van der Waals surface area (Å²) in [5.74, 6) is 0.266. The highest BCUT2D eigenvalue weighted by molar-refractivity contribution is 6.15. The number of nitrogens with one attached hydrogen (secondary N) is 2. The number of benzene rings is 3. The predicted octanol–water partition coefficient (Wildman–Crippen LogP) is 5.10. The van der Waals surface area contributed by atoms with E-state index < -0.39 is 17.9 Å². The van der Waals surface area contributed by atoms with Crippen LogP contribution in [-0.2, 0) is 4.79 Å². The Hall–Kier alpha value is -4.26. The molecule has 2 N–H and O–H groups in total. The van der Waals surface area contributed by atoms with E-state index in [1.54, 1.807) is 74.7 Å². The third-order valence-corrected chi connectivity index (χ3v) is 4.80. The molecule has 7 nitrogen and oxygen atoms in total. The highest BCUT2D eigenvalue weighted by Gasteiger charge is 2.25. The number of methoxy groups -OCH3 is 1. The summed E-state index contributed by atoms with van der Waals surface area (Å²) < 4.78 is 16.7. The fourth-order valence-electron chi connectivity index (χ4n) is 3.20. The van der Waals surface area contributed by atoms with Crippen molar-refractivity contribution >= 4 is 34.2 Å². The van der Waals surface area contributed by atoms with Crippen LogP contribution in [0.2, 0.25) is 0 Å². The molecular formula is C25H22N2O5. The fraction of sp³-hybridized carbons (Fsp3) is 0.120. The average molecular weight is 430 g/mol. The van der Waals surface area contributed by atoms with Gasteiger partial charge >= 0.3 is 0 Å². The maximum atomic E-state index is 13.0. The van der Waals surface area contributed by atoms with E-state index in [2.05, 4.69) is 10.6 Å². The SMILES string of the molecule is COc1cccc(NC(=O)c2oc3ccccc3c2NC(=O)[C@H](C)Oc2ccccc2)c1. The van der Waals surface area contributed by atoms with Gasteiger partial charge in [-0.2, -0.15) is 0 Å². The summed E-state index contributed by atoms with van der Waals surface area (Å²) in [4.78, 5) is 25.9. The molecule has 0 aliphatic carbocycles. The van der Waals surface area contributed by atoms with E-state index in [0.717, 1.165) is 0 Å². The van der Waals surface area contributed by atoms with Gasteiger partial charge in [0.2, 0.25) is 5.76 Å². The van der Waals surface area contributed by atoms with Crippen LogP contribution in [0, 0.1) is 0 Å². The summed E-state index contributed by atoms with van der Waals surface area (Å²) in [5.41, 5.74) is 1.30. The zero-order valence-electron chi connectivity index (χ0n) is 17.6. The second-order valence-corrected chi connectivity index (χ2v) is 7.05. The normalized spacial score (nSPS) is 11.6. The molecule has 2 amide bonds. The lowest BCUT2D eigenvalue weighted by atomic mass is 10.2. The van der Waals surface area contributed by atoms with Gasteiger partial charge in [0.1, 0.15) is 22.8 Å². The summed E-state index contributed by atoms with van der Waals surface area (Å²) in [6.07, 6.45) is -0.791. The van der Waals surface area contributed by atoms with Gasteiger partial charge < -0.3 is 24.5 Å². The maximum Gasteiger partial charge on any atom is 0.293 e. The summed E-state index contributed by atoms with van der Waals surface area (Å²) in [6.45, 7) is 1.64. The van der Waals surface area contributed by atoms with Gasteiger partial charge in [0, 0.05) is 17.1 Å². The lowest BCUT2D eigenvalue weighted by Crippen LogP contribution is -2.30. The number of furan rings is 1. The van der Waals surface area contributed by atoms with E-state index in [1.807, 2.05) is 18.2 Å². The minimum Gasteiger partial charge on any atom is -0.497 e. The van der Waals surface area contributed by atoms with E-state index in [-0.39, 0.29) is 11.4 Å². The van der Waals surface area contributed by atoms with Crippen LogP contribution in [0.1, 0.15) is 17.5 Å². The second kappa shape index (κ2) is 9.26. The molecule has 162 valence electrons. The fourth-order valence-corrected chi connectivity index (χ4v) is 3.20. The Balaban J connectivity index is 1.59. The monoisotopic (exact) mass is 430 g/mol. The summed E-state index contributed by atoms with van der Waals surface area (Å²) in [6, 6.07) is 23.1. The van der Waals surface area contributed by atoms with Gasteiger partial charge in [0.25, 0.3) is 11.8 Å². The molecule has 1 heterocycles. The number of carbonyl (C=O) groups excluding carboxylic acids is 2. The zero-order valence-corrected chi connectivity index (χ0v) is 17.6. The highest BCUT2D eigenvalue weighted by Crippen LogP contribution is 2.32. The van der Waals surface area contributed by atoms with Gasteiger partial charge in [-0.25, -0.2) is 0 Å². The van der Waals surface area contributed by atoms with Crippen LogP contribution in [0.25, 0.3) is 11.0 Å². The van der Waals surface area contributed by atoms with Gasteiger partial charge in [0.15, 0.2) is 6.10 Å². The second-order valence-electron chi connectivity index (χ2n) is 7.05. The number of rotatable bonds is 7. The maximum absolute atomic E-state index is 13.0. The Labute approximate surface area is 184 Å². The van der Waals surface area contributed by atoms with Crippen molar-refractivity contribution in [1.82, 2.24) is 0 Å². The van der Waals surface area contributed by atoms with Gasteiger partial charge in [-0.3, -0.25) is 9.59 Å². The molecule has 32 heavy (non-hydrogen) atoms. The molecule has 0 saturated heterocycles. The van der Waals surface area contributed by atoms with Crippen LogP contribution in [0.5, 0.6) is 11.5 Å². The summed E-state index contributed by atoms with van der Waals surface area (Å²) in [7, 11) is 1.55. The molecular weight excluding hydrogens is 408 g/mol. The van der Waals surface area contributed by atoms with Gasteiger partial charge in [-0.05, 0) is 43.3 Å². The quantitative estimate of drug-likeness (QED) is 0.426. The predicted molar refractivity (Wildman–Crippen MR) is 122 cm³/mol. The zero-order chi connectivity index (χ0) is 22.5. The van der Waals surface area contributed by atoms with Crippen LogP contribution < -0.4 is 20.1 Å². The Morgan fingerprint density at radius 2 is 1.59 bits per heavy atom. The number of fused-ring (bicyclic) bond motifs is 1. The first-order valence-electron chi connectivity index (χ1n) is 10.0. The van der Waals surface area contributed by atoms with E-state index in [1.165, 1.54) is 0 Å². The molecule has 3 aromatic carbocycles. The van der Waals surface area contributed by atoms with Crippen LogP contribution in [0.4, 0.5) is 11.4 Å². The molecule has 1 atom stereocenters. The third-order valence-electron chi connectivity index (χ3n) is 4.80. The van der Waals surface area contributed by atoms with Crippen molar-refractivity contribution in [1.29, 1.82) is 0 Å². The number of carbonyl (C=O) groups is 2. The van der Waals surface area contributed by atoms with Gasteiger partial charge in [0.05, 0.1) is 7.11 Å². The van der Waals surface area contributed by atoms with Crippen LogP contribution in [0.3, 0.4) is 0 Å². The van der Waals surface area contributed by atoms with Crippen molar-refractivity contribution in [3.05, 3.63) is 84.6 Å². The van der Waals surface area contributed by atoms with Crippen molar-refractivity contribution in [3.8, 4) is 11.5 Å². The third kappa shape index (κ3) is 4.57. The molecule has 0 aliphatic heterocycles. The molecule has 0 bridgehead atoms. The van der Waals surface area contributed by atoms with Crippen molar-refractivity contribution in [2.45, 2.75) is 13.0 Å². The van der Waals surface area contributed by atoms with Crippen molar-refractivity contribution in [2.75, 3.05) is 17.7 Å². The molecule has 0 saturated carbocycles. The number of para-hydroxylation sites is 2. The molecule has 1 aromatic heterocycles. The molecule has 4 rings (SSSR count). The minimum atomic E-state index is -0.791. The first-order chi connectivity index (χ1) is 15.5. The first-order valence-corrected chi connectivity index (χ1v) is 10.0. The van der Waals surface area contributed by atoms with E-state index in [4.69, 9.17) is 13.9 Å². The molecule has 7 heteroatoms. The molecule has 0 fully saturated rings. The summed E-state index contributed by atoms with van der Waals surface area (Å²) in [5, 5.41) is 6.20. The molecule has 0 aliphatic rings. The molecule has 0 unspecified atom stereocenters. The van der Waals surface area contributed by atoms with Crippen LogP contribution in [-0.4, -0.2) is 25.0 Å². The van der Waals surface area contributed by atoms with E-state index in [0.29, 0.717) is 28.2 Å². The minimum absolute atomic E-state index is 0.00530. The Kier molecular flexibility index (Phi) is 6.07. The number of anilines is 2. The summed E-state index contributed by atoms with van der Waals surface area (Å²) >= 11 is 0. The Morgan fingerprint density at radius 3 is 2.38 bits per heavy atom. The van der Waals surface area contributed by atoms with E-state index >= 15 is 0 Å². The Morgan fingerprint density at radius 1 is 0.875 bits per heavy atom. The van der Waals surface area contributed by atoms with E-state index in [9.17, 15) is 9.59 Å². The average Bonchev–Trinajstić information content (AvgIpc) is 3.18. The van der Waals surface area contributed by atoms with Crippen LogP contribution >= 0.6 is 0 Å². The molecule has 0 spiro atoms. The van der Waals surface area contributed by atoms with Gasteiger partial charge in [-0.1, -0.05) is 36.4 Å². The van der Waals surface area contributed by atoms with Gasteiger partial charge in [-0.15, -0.1) is 0 Å². The molecule has 0 radical (unpaired) electrons. The van der Waals surface area contributed by atoms with Crippen LogP contribution in [0.15, 0.2) is 83.3 Å². The number of ether oxygens (including phenoxy) is 2. The lowest BCUT2D eigenvalue weighted by molar-refractivity contribution is -0.122. The first kappa shape index (κ1) is 21.0. The van der Waals surface area contributed by atoms with Crippen molar-refractivity contribution < 1.29 is 23.5 Å². The number of hydrogen-bond donors (Lipinski definition) is 2. The highest BCUT2D eigenvalue weighted by atomic mass is 16.5. The topological polar surface area (TPSA) is 89.8 Å². The smallest absolute Gasteiger partial charge is 0.293 e. The Bertz CT molecular complexity index is 1250. The van der Waals surface area contributed by atoms with Crippen molar-refractivity contribution in [2.24, 2.45) is 0 Å².